The number of anilines is 3. The van der Waals surface area contributed by atoms with Crippen molar-refractivity contribution < 1.29 is 14.4 Å². The zero-order valence-electron chi connectivity index (χ0n) is 12.4. The van der Waals surface area contributed by atoms with Crippen molar-refractivity contribution in [3.63, 3.8) is 0 Å². The van der Waals surface area contributed by atoms with Crippen LogP contribution in [0.15, 0.2) is 42.5 Å². The molecule has 0 bridgehead atoms. The van der Waals surface area contributed by atoms with Crippen molar-refractivity contribution in [2.45, 2.75) is 6.92 Å². The molecule has 0 aliphatic carbocycles. The molecule has 0 saturated heterocycles. The van der Waals surface area contributed by atoms with Gasteiger partial charge >= 0.3 is 11.8 Å². The number of nitrogen functional groups attached to an aromatic ring is 2. The van der Waals surface area contributed by atoms with Crippen molar-refractivity contribution in [3.05, 3.63) is 53.6 Å². The van der Waals surface area contributed by atoms with E-state index in [1.54, 1.807) is 18.2 Å². The number of carbonyl (C=O) groups excluding carboxylic acids is 3. The fourth-order valence-electron chi connectivity index (χ4n) is 1.82. The maximum atomic E-state index is 11.9. The lowest BCUT2D eigenvalue weighted by Gasteiger charge is -2.09. The van der Waals surface area contributed by atoms with E-state index in [4.69, 9.17) is 11.5 Å². The number of carbonyl (C=O) groups is 3. The Kier molecular flexibility index (Phi) is 4.61. The van der Waals surface area contributed by atoms with E-state index in [0.717, 1.165) is 5.56 Å². The van der Waals surface area contributed by atoms with Crippen LogP contribution in [-0.2, 0) is 9.59 Å². The summed E-state index contributed by atoms with van der Waals surface area (Å²) in [6, 6.07) is 11.0. The van der Waals surface area contributed by atoms with Crippen molar-refractivity contribution in [2.24, 2.45) is 0 Å². The molecule has 0 aliphatic rings. The number of benzene rings is 2. The first-order chi connectivity index (χ1) is 10.9. The highest BCUT2D eigenvalue weighted by molar-refractivity contribution is 6.42. The maximum Gasteiger partial charge on any atom is 0.316 e. The van der Waals surface area contributed by atoms with Gasteiger partial charge in [-0.2, -0.15) is 0 Å². The molecule has 0 atom stereocenters. The fourth-order valence-corrected chi connectivity index (χ4v) is 1.82. The second-order valence-electron chi connectivity index (χ2n) is 4.95. The number of nitrogens with one attached hydrogen (secondary N) is 2. The monoisotopic (exact) mass is 312 g/mol. The van der Waals surface area contributed by atoms with Gasteiger partial charge in [0.25, 0.3) is 5.91 Å². The van der Waals surface area contributed by atoms with Crippen LogP contribution < -0.4 is 22.1 Å². The molecule has 0 heterocycles. The van der Waals surface area contributed by atoms with Crippen LogP contribution in [0.4, 0.5) is 17.1 Å². The largest absolute Gasteiger partial charge is 0.399 e. The first kappa shape index (κ1) is 16.0. The Balaban J connectivity index is 2.02. The van der Waals surface area contributed by atoms with Gasteiger partial charge in [-0.15, -0.1) is 0 Å². The van der Waals surface area contributed by atoms with Gasteiger partial charge in [-0.3, -0.25) is 19.7 Å². The summed E-state index contributed by atoms with van der Waals surface area (Å²) in [6.45, 7) is 1.82. The second kappa shape index (κ2) is 6.61. The topological polar surface area (TPSA) is 127 Å². The summed E-state index contributed by atoms with van der Waals surface area (Å²) >= 11 is 0. The molecule has 0 fully saturated rings. The molecular formula is C16H16N4O3. The van der Waals surface area contributed by atoms with E-state index in [1.165, 1.54) is 24.3 Å². The number of imide groups is 1. The summed E-state index contributed by atoms with van der Waals surface area (Å²) < 4.78 is 0. The number of amides is 3. The summed E-state index contributed by atoms with van der Waals surface area (Å²) in [4.78, 5) is 35.5. The van der Waals surface area contributed by atoms with Gasteiger partial charge in [-0.25, -0.2) is 0 Å². The van der Waals surface area contributed by atoms with Gasteiger partial charge in [-0.1, -0.05) is 6.07 Å². The summed E-state index contributed by atoms with van der Waals surface area (Å²) in [5, 5.41) is 4.37. The number of aryl methyl sites for hydroxylation is 1. The third-order valence-corrected chi connectivity index (χ3v) is 3.06. The van der Waals surface area contributed by atoms with Gasteiger partial charge in [0, 0.05) is 11.3 Å². The Morgan fingerprint density at radius 2 is 1.57 bits per heavy atom. The lowest BCUT2D eigenvalue weighted by Crippen LogP contribution is -2.39. The van der Waals surface area contributed by atoms with Gasteiger partial charge in [-0.05, 0) is 48.9 Å². The average molecular weight is 312 g/mol. The minimum atomic E-state index is -1.08. The Labute approximate surface area is 132 Å². The molecule has 0 unspecified atom stereocenters. The number of rotatable bonds is 2. The third kappa shape index (κ3) is 4.07. The molecule has 7 nitrogen and oxygen atoms in total. The molecule has 0 aliphatic heterocycles. The number of hydrogen-bond donors (Lipinski definition) is 4. The minimum Gasteiger partial charge on any atom is -0.399 e. The maximum absolute atomic E-state index is 11.9. The van der Waals surface area contributed by atoms with Crippen molar-refractivity contribution in [2.75, 3.05) is 16.8 Å². The lowest BCUT2D eigenvalue weighted by molar-refractivity contribution is -0.135. The van der Waals surface area contributed by atoms with Crippen LogP contribution in [0, 0.1) is 6.92 Å². The summed E-state index contributed by atoms with van der Waals surface area (Å²) in [7, 11) is 0. The Morgan fingerprint density at radius 1 is 0.913 bits per heavy atom. The molecule has 0 aromatic heterocycles. The van der Waals surface area contributed by atoms with Gasteiger partial charge in [0.05, 0.1) is 11.4 Å². The van der Waals surface area contributed by atoms with E-state index in [-0.39, 0.29) is 5.56 Å². The smallest absolute Gasteiger partial charge is 0.316 e. The van der Waals surface area contributed by atoms with Crippen molar-refractivity contribution in [3.8, 4) is 0 Å². The van der Waals surface area contributed by atoms with E-state index in [1.807, 2.05) is 12.2 Å². The standard InChI is InChI=1S/C16H16N4O3/c1-9-2-7-12(18)13(8-9)19-15(22)16(23)20-14(21)10-3-5-11(17)6-4-10/h2-8H,17-18H2,1H3,(H,19,22)(H,20,21,23). The molecule has 6 N–H and O–H groups in total. The van der Waals surface area contributed by atoms with E-state index in [0.29, 0.717) is 17.1 Å². The fraction of sp³-hybridized carbons (Fsp3) is 0.0625. The highest BCUT2D eigenvalue weighted by atomic mass is 16.2. The highest BCUT2D eigenvalue weighted by Gasteiger charge is 2.18. The Bertz CT molecular complexity index is 769. The van der Waals surface area contributed by atoms with Crippen molar-refractivity contribution in [1.29, 1.82) is 0 Å². The summed E-state index contributed by atoms with van der Waals surface area (Å²) in [5.74, 6) is -2.75. The Morgan fingerprint density at radius 3 is 2.22 bits per heavy atom. The van der Waals surface area contributed by atoms with Crippen LogP contribution in [0.25, 0.3) is 0 Å². The summed E-state index contributed by atoms with van der Waals surface area (Å²) in [6.07, 6.45) is 0. The van der Waals surface area contributed by atoms with E-state index in [2.05, 4.69) is 5.32 Å². The SMILES string of the molecule is Cc1ccc(N)c(NC(=O)C(=O)NC(=O)c2ccc(N)cc2)c1. The van der Waals surface area contributed by atoms with Gasteiger partial charge < -0.3 is 16.8 Å². The van der Waals surface area contributed by atoms with Gasteiger partial charge in [0.1, 0.15) is 0 Å². The molecule has 2 rings (SSSR count). The predicted octanol–water partition coefficient (Wildman–Crippen LogP) is 1.05. The highest BCUT2D eigenvalue weighted by Crippen LogP contribution is 2.19. The lowest BCUT2D eigenvalue weighted by atomic mass is 10.2. The molecule has 3 amide bonds. The summed E-state index contributed by atoms with van der Waals surface area (Å²) in [5.41, 5.74) is 13.4. The van der Waals surface area contributed by atoms with Crippen LogP contribution in [0.5, 0.6) is 0 Å². The first-order valence-electron chi connectivity index (χ1n) is 6.75. The van der Waals surface area contributed by atoms with E-state index in [9.17, 15) is 14.4 Å². The average Bonchev–Trinajstić information content (AvgIpc) is 2.51. The zero-order chi connectivity index (χ0) is 17.0. The molecule has 23 heavy (non-hydrogen) atoms. The molecule has 0 spiro atoms. The zero-order valence-corrected chi connectivity index (χ0v) is 12.4. The molecule has 0 saturated carbocycles. The first-order valence-corrected chi connectivity index (χ1v) is 6.75. The number of hydrogen-bond acceptors (Lipinski definition) is 5. The van der Waals surface area contributed by atoms with Crippen LogP contribution in [0.1, 0.15) is 15.9 Å². The van der Waals surface area contributed by atoms with Crippen molar-refractivity contribution >= 4 is 34.8 Å². The molecule has 7 heteroatoms. The normalized spacial score (nSPS) is 9.96. The second-order valence-corrected chi connectivity index (χ2v) is 4.95. The van der Waals surface area contributed by atoms with Crippen LogP contribution in [0.3, 0.4) is 0 Å². The molecule has 118 valence electrons. The van der Waals surface area contributed by atoms with E-state index >= 15 is 0 Å². The van der Waals surface area contributed by atoms with Gasteiger partial charge in [0.15, 0.2) is 0 Å². The van der Waals surface area contributed by atoms with Crippen LogP contribution in [0.2, 0.25) is 0 Å². The third-order valence-electron chi connectivity index (χ3n) is 3.06. The molecule has 2 aromatic rings. The molecule has 2 aromatic carbocycles. The van der Waals surface area contributed by atoms with Gasteiger partial charge in [0.2, 0.25) is 0 Å². The van der Waals surface area contributed by atoms with Crippen LogP contribution >= 0.6 is 0 Å². The van der Waals surface area contributed by atoms with Crippen molar-refractivity contribution in [1.82, 2.24) is 5.32 Å². The van der Waals surface area contributed by atoms with E-state index < -0.39 is 17.7 Å². The minimum absolute atomic E-state index is 0.218. The molecule has 0 radical (unpaired) electrons. The predicted molar refractivity (Wildman–Crippen MR) is 87.5 cm³/mol. The Hall–Kier alpha value is -3.35. The molecular weight excluding hydrogens is 296 g/mol. The quantitative estimate of drug-likeness (QED) is 0.487. The number of nitrogens with two attached hydrogens (primary N) is 2. The van der Waals surface area contributed by atoms with Crippen LogP contribution in [-0.4, -0.2) is 17.7 Å².